The Morgan fingerprint density at radius 1 is 1.24 bits per heavy atom. The van der Waals surface area contributed by atoms with Crippen LogP contribution in [0.5, 0.6) is 0 Å². The molecule has 6 heteroatoms. The van der Waals surface area contributed by atoms with Crippen LogP contribution in [0.1, 0.15) is 16.7 Å². The maximum Gasteiger partial charge on any atom is 0.274 e. The Morgan fingerprint density at radius 3 is 2.62 bits per heavy atom. The van der Waals surface area contributed by atoms with Gasteiger partial charge in [0.15, 0.2) is 0 Å². The number of nitro groups is 1. The summed E-state index contributed by atoms with van der Waals surface area (Å²) in [4.78, 5) is 10.6. The first-order valence-electron chi connectivity index (χ1n) is 6.32. The van der Waals surface area contributed by atoms with E-state index in [2.05, 4.69) is 21.2 Å². The lowest BCUT2D eigenvalue weighted by molar-refractivity contribution is -0.385. The van der Waals surface area contributed by atoms with Gasteiger partial charge in [-0.1, -0.05) is 6.07 Å². The fourth-order valence-electron chi connectivity index (χ4n) is 2.01. The number of hydrogen-bond acceptors (Lipinski definition) is 3. The van der Waals surface area contributed by atoms with Gasteiger partial charge < -0.3 is 5.32 Å². The van der Waals surface area contributed by atoms with Crippen molar-refractivity contribution in [3.8, 4) is 0 Å². The van der Waals surface area contributed by atoms with E-state index in [9.17, 15) is 14.5 Å². The van der Waals surface area contributed by atoms with Gasteiger partial charge in [0.05, 0.1) is 10.6 Å². The normalized spacial score (nSPS) is 10.5. The predicted molar refractivity (Wildman–Crippen MR) is 84.0 cm³/mol. The molecule has 110 valence electrons. The van der Waals surface area contributed by atoms with Crippen LogP contribution in [0.2, 0.25) is 0 Å². The highest BCUT2D eigenvalue weighted by Gasteiger charge is 2.14. The highest BCUT2D eigenvalue weighted by Crippen LogP contribution is 2.31. The summed E-state index contributed by atoms with van der Waals surface area (Å²) in [7, 11) is 0. The molecule has 0 atom stereocenters. The van der Waals surface area contributed by atoms with Crippen LogP contribution in [0.15, 0.2) is 34.8 Å². The van der Waals surface area contributed by atoms with E-state index in [0.29, 0.717) is 17.8 Å². The quantitative estimate of drug-likeness (QED) is 0.639. The van der Waals surface area contributed by atoms with Crippen molar-refractivity contribution in [2.24, 2.45) is 0 Å². The van der Waals surface area contributed by atoms with Crippen LogP contribution in [-0.4, -0.2) is 4.92 Å². The van der Waals surface area contributed by atoms with Crippen molar-refractivity contribution in [2.75, 3.05) is 5.32 Å². The molecule has 21 heavy (non-hydrogen) atoms. The molecular weight excluding hydrogens is 339 g/mol. The summed E-state index contributed by atoms with van der Waals surface area (Å²) in [5.41, 5.74) is 3.01. The molecule has 0 aliphatic carbocycles. The fraction of sp³-hybridized carbons (Fsp3) is 0.200. The number of nitrogens with zero attached hydrogens (tertiary/aromatic N) is 1. The molecular formula is C15H14BrFN2O2. The van der Waals surface area contributed by atoms with Gasteiger partial charge in [0.1, 0.15) is 5.82 Å². The van der Waals surface area contributed by atoms with Crippen LogP contribution in [0.25, 0.3) is 0 Å². The largest absolute Gasteiger partial charge is 0.380 e. The molecule has 0 heterocycles. The number of benzene rings is 2. The van der Waals surface area contributed by atoms with Crippen LogP contribution in [0.4, 0.5) is 15.8 Å². The summed E-state index contributed by atoms with van der Waals surface area (Å²) in [6.45, 7) is 3.97. The van der Waals surface area contributed by atoms with E-state index < -0.39 is 4.92 Å². The summed E-state index contributed by atoms with van der Waals surface area (Å²) in [5, 5.41) is 14.1. The minimum absolute atomic E-state index is 0.0525. The standard InChI is InChI=1S/C15H14BrFN2O2/c1-9-3-4-12(17)6-11(9)8-18-14-7-15(19(20)21)10(2)5-13(14)16/h3-7,18H,8H2,1-2H3. The monoisotopic (exact) mass is 352 g/mol. The SMILES string of the molecule is Cc1ccc(F)cc1CNc1cc([N+](=O)[O-])c(C)cc1Br. The number of halogens is 2. The van der Waals surface area contributed by atoms with E-state index in [1.165, 1.54) is 18.2 Å². The Kier molecular flexibility index (Phi) is 4.57. The second kappa shape index (κ2) is 6.22. The molecule has 0 unspecified atom stereocenters. The van der Waals surface area contributed by atoms with Gasteiger partial charge in [-0.2, -0.15) is 0 Å². The highest BCUT2D eigenvalue weighted by atomic mass is 79.9. The molecule has 1 N–H and O–H groups in total. The molecule has 4 nitrogen and oxygen atoms in total. The lowest BCUT2D eigenvalue weighted by Crippen LogP contribution is -2.04. The van der Waals surface area contributed by atoms with E-state index in [4.69, 9.17) is 0 Å². The topological polar surface area (TPSA) is 55.2 Å². The molecule has 0 saturated carbocycles. The second-order valence-corrected chi connectivity index (χ2v) is 5.65. The molecule has 2 aromatic carbocycles. The Balaban J connectivity index is 2.25. The van der Waals surface area contributed by atoms with Crippen molar-refractivity contribution in [1.82, 2.24) is 0 Å². The van der Waals surface area contributed by atoms with Gasteiger partial charge >= 0.3 is 0 Å². The van der Waals surface area contributed by atoms with Gasteiger partial charge in [-0.25, -0.2) is 4.39 Å². The van der Waals surface area contributed by atoms with E-state index in [0.717, 1.165) is 15.6 Å². The van der Waals surface area contributed by atoms with Crippen LogP contribution in [0, 0.1) is 29.8 Å². The van der Waals surface area contributed by atoms with Crippen LogP contribution < -0.4 is 5.32 Å². The number of nitro benzene ring substituents is 1. The van der Waals surface area contributed by atoms with E-state index in [1.807, 2.05) is 6.92 Å². The lowest BCUT2D eigenvalue weighted by atomic mass is 10.1. The molecule has 0 bridgehead atoms. The van der Waals surface area contributed by atoms with Crippen molar-refractivity contribution < 1.29 is 9.31 Å². The molecule has 0 spiro atoms. The highest BCUT2D eigenvalue weighted by molar-refractivity contribution is 9.10. The van der Waals surface area contributed by atoms with E-state index >= 15 is 0 Å². The molecule has 0 aliphatic heterocycles. The van der Waals surface area contributed by atoms with Gasteiger partial charge in [-0.05, 0) is 59.1 Å². The minimum atomic E-state index is -0.416. The van der Waals surface area contributed by atoms with Gasteiger partial charge in [0.2, 0.25) is 0 Å². The summed E-state index contributed by atoms with van der Waals surface area (Å²) >= 11 is 3.38. The fourth-order valence-corrected chi connectivity index (χ4v) is 2.61. The van der Waals surface area contributed by atoms with Gasteiger partial charge in [-0.15, -0.1) is 0 Å². The number of rotatable bonds is 4. The molecule has 0 saturated heterocycles. The first kappa shape index (κ1) is 15.4. The van der Waals surface area contributed by atoms with Crippen LogP contribution >= 0.6 is 15.9 Å². The smallest absolute Gasteiger partial charge is 0.274 e. The third kappa shape index (κ3) is 3.58. The Bertz CT molecular complexity index is 704. The van der Waals surface area contributed by atoms with Crippen molar-refractivity contribution in [3.63, 3.8) is 0 Å². The van der Waals surface area contributed by atoms with E-state index in [1.54, 1.807) is 19.1 Å². The van der Waals surface area contributed by atoms with Crippen molar-refractivity contribution >= 4 is 27.3 Å². The summed E-state index contributed by atoms with van der Waals surface area (Å²) in [6.07, 6.45) is 0. The second-order valence-electron chi connectivity index (χ2n) is 4.80. The maximum absolute atomic E-state index is 13.2. The summed E-state index contributed by atoms with van der Waals surface area (Å²) in [5.74, 6) is -0.300. The first-order valence-corrected chi connectivity index (χ1v) is 7.11. The zero-order valence-electron chi connectivity index (χ0n) is 11.6. The van der Waals surface area contributed by atoms with Gasteiger partial charge in [-0.3, -0.25) is 10.1 Å². The molecule has 0 fully saturated rings. The Labute approximate surface area is 130 Å². The molecule has 2 rings (SSSR count). The van der Waals surface area contributed by atoms with Crippen molar-refractivity contribution in [3.05, 3.63) is 67.4 Å². The first-order chi connectivity index (χ1) is 9.88. The zero-order chi connectivity index (χ0) is 15.6. The average molecular weight is 353 g/mol. The van der Waals surface area contributed by atoms with Gasteiger partial charge in [0.25, 0.3) is 5.69 Å². The lowest BCUT2D eigenvalue weighted by Gasteiger charge is -2.11. The average Bonchev–Trinajstić information content (AvgIpc) is 2.41. The van der Waals surface area contributed by atoms with E-state index in [-0.39, 0.29) is 11.5 Å². The number of anilines is 1. The third-order valence-electron chi connectivity index (χ3n) is 3.26. The molecule has 2 aromatic rings. The predicted octanol–water partition coefficient (Wildman–Crippen LogP) is 4.73. The van der Waals surface area contributed by atoms with Crippen LogP contribution in [-0.2, 0) is 6.54 Å². The number of aryl methyl sites for hydroxylation is 2. The van der Waals surface area contributed by atoms with Gasteiger partial charge in [0, 0.05) is 22.6 Å². The molecule has 0 aromatic heterocycles. The molecule has 0 radical (unpaired) electrons. The zero-order valence-corrected chi connectivity index (χ0v) is 13.2. The maximum atomic E-state index is 13.2. The number of nitrogens with one attached hydrogen (secondary N) is 1. The minimum Gasteiger partial charge on any atom is -0.380 e. The Morgan fingerprint density at radius 2 is 1.95 bits per heavy atom. The molecule has 0 amide bonds. The number of hydrogen-bond donors (Lipinski definition) is 1. The Hall–Kier alpha value is -1.95. The van der Waals surface area contributed by atoms with Crippen molar-refractivity contribution in [2.45, 2.75) is 20.4 Å². The summed E-state index contributed by atoms with van der Waals surface area (Å²) in [6, 6.07) is 7.75. The molecule has 0 aliphatic rings. The van der Waals surface area contributed by atoms with Crippen LogP contribution in [0.3, 0.4) is 0 Å². The summed E-state index contributed by atoms with van der Waals surface area (Å²) < 4.78 is 14.0. The third-order valence-corrected chi connectivity index (χ3v) is 3.92. The van der Waals surface area contributed by atoms with Crippen molar-refractivity contribution in [1.29, 1.82) is 0 Å².